The van der Waals surface area contributed by atoms with Crippen molar-refractivity contribution in [3.8, 4) is 0 Å². The number of halogens is 3. The van der Waals surface area contributed by atoms with Gasteiger partial charge in [0.1, 0.15) is 10.7 Å². The molecule has 0 radical (unpaired) electrons. The smallest absolute Gasteiger partial charge is 0.340 e. The van der Waals surface area contributed by atoms with Crippen molar-refractivity contribution in [2.45, 2.75) is 4.90 Å². The number of rotatable bonds is 2. The number of carbonyl (C=O) groups excluding carboxylic acids is 1. The third-order valence-corrected chi connectivity index (χ3v) is 2.99. The number of esters is 1. The van der Waals surface area contributed by atoms with Crippen LogP contribution in [0.15, 0.2) is 17.0 Å². The Balaban J connectivity index is 3.56. The first-order chi connectivity index (χ1) is 7.27. The number of carbonyl (C=O) groups is 1. The lowest BCUT2D eigenvalue weighted by molar-refractivity contribution is 0.0594. The highest BCUT2D eigenvalue weighted by Gasteiger charge is 2.24. The Morgan fingerprint density at radius 2 is 1.94 bits per heavy atom. The van der Waals surface area contributed by atoms with Crippen LogP contribution < -0.4 is 0 Å². The molecule has 0 aliphatic heterocycles. The van der Waals surface area contributed by atoms with Crippen molar-refractivity contribution in [3.05, 3.63) is 29.3 Å². The molecule has 0 amide bonds. The van der Waals surface area contributed by atoms with Crippen LogP contribution in [0.3, 0.4) is 0 Å². The quantitative estimate of drug-likeness (QED) is 0.606. The van der Waals surface area contributed by atoms with Gasteiger partial charge in [-0.1, -0.05) is 0 Å². The van der Waals surface area contributed by atoms with E-state index in [2.05, 4.69) is 4.74 Å². The summed E-state index contributed by atoms with van der Waals surface area (Å²) in [4.78, 5) is 9.90. The first kappa shape index (κ1) is 12.9. The lowest BCUT2D eigenvalue weighted by Crippen LogP contribution is -2.09. The van der Waals surface area contributed by atoms with Crippen LogP contribution in [0.2, 0.25) is 0 Å². The van der Waals surface area contributed by atoms with Crippen LogP contribution >= 0.6 is 10.7 Å². The molecule has 8 heteroatoms. The molecule has 1 aromatic carbocycles. The monoisotopic (exact) mass is 270 g/mol. The molecule has 0 heterocycles. The molecule has 0 unspecified atom stereocenters. The third kappa shape index (κ3) is 2.48. The van der Waals surface area contributed by atoms with Crippen molar-refractivity contribution in [2.24, 2.45) is 0 Å². The van der Waals surface area contributed by atoms with Gasteiger partial charge in [0.25, 0.3) is 9.05 Å². The maximum atomic E-state index is 13.5. The fourth-order valence-electron chi connectivity index (χ4n) is 1.00. The van der Waals surface area contributed by atoms with E-state index in [0.29, 0.717) is 12.1 Å². The van der Waals surface area contributed by atoms with Gasteiger partial charge in [-0.15, -0.1) is 0 Å². The van der Waals surface area contributed by atoms with Gasteiger partial charge in [-0.3, -0.25) is 0 Å². The van der Waals surface area contributed by atoms with E-state index < -0.39 is 37.1 Å². The van der Waals surface area contributed by atoms with Crippen LogP contribution in [0.4, 0.5) is 8.78 Å². The molecule has 0 spiro atoms. The lowest BCUT2D eigenvalue weighted by atomic mass is 10.2. The topological polar surface area (TPSA) is 60.4 Å². The van der Waals surface area contributed by atoms with E-state index >= 15 is 0 Å². The fraction of sp³-hybridized carbons (Fsp3) is 0.125. The minimum Gasteiger partial charge on any atom is -0.465 e. The molecular weight excluding hydrogens is 266 g/mol. The molecule has 4 nitrogen and oxygen atoms in total. The van der Waals surface area contributed by atoms with Crippen molar-refractivity contribution < 1.29 is 26.7 Å². The van der Waals surface area contributed by atoms with Gasteiger partial charge in [-0.05, 0) is 12.1 Å². The Hall–Kier alpha value is -1.21. The maximum absolute atomic E-state index is 13.5. The van der Waals surface area contributed by atoms with E-state index in [4.69, 9.17) is 10.7 Å². The van der Waals surface area contributed by atoms with Crippen molar-refractivity contribution in [1.82, 2.24) is 0 Å². The summed E-state index contributed by atoms with van der Waals surface area (Å²) in [5.41, 5.74) is -0.832. The Morgan fingerprint density at radius 3 is 2.38 bits per heavy atom. The Kier molecular flexibility index (Phi) is 3.49. The first-order valence-electron chi connectivity index (χ1n) is 3.79. The first-order valence-corrected chi connectivity index (χ1v) is 6.10. The maximum Gasteiger partial charge on any atom is 0.340 e. The number of hydrogen-bond acceptors (Lipinski definition) is 4. The SMILES string of the molecule is COC(=O)c1cc(F)cc(S(=O)(=O)Cl)c1F. The summed E-state index contributed by atoms with van der Waals surface area (Å²) < 4.78 is 52.3. The average molecular weight is 271 g/mol. The van der Waals surface area contributed by atoms with E-state index in [1.165, 1.54) is 0 Å². The highest BCUT2D eigenvalue weighted by Crippen LogP contribution is 2.23. The second-order valence-corrected chi connectivity index (χ2v) is 5.23. The summed E-state index contributed by atoms with van der Waals surface area (Å²) >= 11 is 0. The molecule has 0 N–H and O–H groups in total. The summed E-state index contributed by atoms with van der Waals surface area (Å²) in [6.07, 6.45) is 0. The number of benzene rings is 1. The predicted octanol–water partition coefficient (Wildman–Crippen LogP) is 1.68. The summed E-state index contributed by atoms with van der Waals surface area (Å²) in [6, 6.07) is 0.900. The van der Waals surface area contributed by atoms with Gasteiger partial charge in [0.15, 0.2) is 5.82 Å². The van der Waals surface area contributed by atoms with Crippen molar-refractivity contribution in [3.63, 3.8) is 0 Å². The Labute approximate surface area is 94.2 Å². The van der Waals surface area contributed by atoms with Crippen molar-refractivity contribution in [1.29, 1.82) is 0 Å². The molecule has 0 aliphatic rings. The van der Waals surface area contributed by atoms with E-state index in [1.54, 1.807) is 0 Å². The van der Waals surface area contributed by atoms with Crippen LogP contribution in [0.1, 0.15) is 10.4 Å². The zero-order chi connectivity index (χ0) is 12.5. The number of ether oxygens (including phenoxy) is 1. The largest absolute Gasteiger partial charge is 0.465 e. The van der Waals surface area contributed by atoms with Crippen LogP contribution in [-0.4, -0.2) is 21.5 Å². The molecule has 1 aromatic rings. The second kappa shape index (κ2) is 4.34. The molecule has 0 saturated heterocycles. The number of methoxy groups -OCH3 is 1. The van der Waals surface area contributed by atoms with E-state index in [-0.39, 0.29) is 0 Å². The predicted molar refractivity (Wildman–Crippen MR) is 50.7 cm³/mol. The minimum atomic E-state index is -4.47. The van der Waals surface area contributed by atoms with E-state index in [0.717, 1.165) is 7.11 Å². The fourth-order valence-corrected chi connectivity index (χ4v) is 1.91. The summed E-state index contributed by atoms with van der Waals surface area (Å²) in [6.45, 7) is 0. The van der Waals surface area contributed by atoms with Crippen LogP contribution in [0, 0.1) is 11.6 Å². The van der Waals surface area contributed by atoms with Crippen molar-refractivity contribution >= 4 is 25.7 Å². The number of hydrogen-bond donors (Lipinski definition) is 0. The molecule has 1 rings (SSSR count). The second-order valence-electron chi connectivity index (χ2n) is 2.69. The van der Waals surface area contributed by atoms with E-state index in [1.807, 2.05) is 0 Å². The van der Waals surface area contributed by atoms with Crippen LogP contribution in [-0.2, 0) is 13.8 Å². The molecule has 0 bridgehead atoms. The summed E-state index contributed by atoms with van der Waals surface area (Å²) in [7, 11) is 1.34. The van der Waals surface area contributed by atoms with Gasteiger partial charge < -0.3 is 4.74 Å². The zero-order valence-electron chi connectivity index (χ0n) is 7.83. The van der Waals surface area contributed by atoms with Crippen molar-refractivity contribution in [2.75, 3.05) is 7.11 Å². The normalized spacial score (nSPS) is 11.2. The van der Waals surface area contributed by atoms with Crippen LogP contribution in [0.25, 0.3) is 0 Å². The molecule has 16 heavy (non-hydrogen) atoms. The molecule has 88 valence electrons. The highest BCUT2D eigenvalue weighted by molar-refractivity contribution is 8.13. The van der Waals surface area contributed by atoms with Gasteiger partial charge in [-0.25, -0.2) is 22.0 Å². The summed E-state index contributed by atoms with van der Waals surface area (Å²) in [5.74, 6) is -3.75. The molecule has 0 aliphatic carbocycles. The molecule has 0 fully saturated rings. The lowest BCUT2D eigenvalue weighted by Gasteiger charge is -2.04. The molecule has 0 aromatic heterocycles. The zero-order valence-corrected chi connectivity index (χ0v) is 9.40. The molecule has 0 saturated carbocycles. The van der Waals surface area contributed by atoms with Gasteiger partial charge in [0.2, 0.25) is 0 Å². The molecule has 0 atom stereocenters. The average Bonchev–Trinajstić information content (AvgIpc) is 2.18. The van der Waals surface area contributed by atoms with Gasteiger partial charge in [0, 0.05) is 10.7 Å². The standard InChI is InChI=1S/C8H5ClF2O4S/c1-15-8(12)5-2-4(10)3-6(7(5)11)16(9,13)14/h2-3H,1H3. The molecular formula is C8H5ClF2O4S. The van der Waals surface area contributed by atoms with Gasteiger partial charge in [0.05, 0.1) is 12.7 Å². The van der Waals surface area contributed by atoms with E-state index in [9.17, 15) is 22.0 Å². The summed E-state index contributed by atoms with van der Waals surface area (Å²) in [5, 5.41) is 0. The van der Waals surface area contributed by atoms with Crippen LogP contribution in [0.5, 0.6) is 0 Å². The van der Waals surface area contributed by atoms with Gasteiger partial charge >= 0.3 is 5.97 Å². The van der Waals surface area contributed by atoms with Gasteiger partial charge in [-0.2, -0.15) is 0 Å². The Bertz CT molecular complexity index is 541. The Morgan fingerprint density at radius 1 is 1.38 bits per heavy atom. The highest BCUT2D eigenvalue weighted by atomic mass is 35.7. The minimum absolute atomic E-state index is 0.379. The third-order valence-electron chi connectivity index (χ3n) is 1.67.